The number of benzene rings is 2. The zero-order chi connectivity index (χ0) is 22.7. The monoisotopic (exact) mass is 426 g/mol. The molecule has 0 fully saturated rings. The van der Waals surface area contributed by atoms with Crippen molar-refractivity contribution in [1.82, 2.24) is 15.0 Å². The van der Waals surface area contributed by atoms with Crippen LogP contribution in [0.25, 0.3) is 33.3 Å². The molecule has 0 aliphatic carbocycles. The number of aromatic nitrogens is 3. The quantitative estimate of drug-likeness (QED) is 0.432. The first-order valence-corrected chi connectivity index (χ1v) is 9.64. The Morgan fingerprint density at radius 2 is 1.66 bits per heavy atom. The van der Waals surface area contributed by atoms with E-state index in [0.717, 1.165) is 16.3 Å². The van der Waals surface area contributed by atoms with Crippen molar-refractivity contribution < 1.29 is 14.3 Å². The van der Waals surface area contributed by atoms with E-state index in [1.165, 1.54) is 17.8 Å². The molecule has 5 aromatic rings. The van der Waals surface area contributed by atoms with Crippen LogP contribution < -0.4 is 11.4 Å². The number of aryl methyl sites for hydroxylation is 1. The topological polar surface area (TPSA) is 132 Å². The minimum absolute atomic E-state index is 0.0949. The van der Waals surface area contributed by atoms with Crippen LogP contribution in [-0.2, 0) is 0 Å². The summed E-state index contributed by atoms with van der Waals surface area (Å²) in [5.41, 5.74) is 7.68. The van der Waals surface area contributed by atoms with Crippen LogP contribution in [0, 0.1) is 6.92 Å². The van der Waals surface area contributed by atoms with E-state index in [9.17, 15) is 9.59 Å². The van der Waals surface area contributed by atoms with Gasteiger partial charge in [0.1, 0.15) is 5.52 Å². The summed E-state index contributed by atoms with van der Waals surface area (Å²) in [7, 11) is 0. The van der Waals surface area contributed by atoms with Gasteiger partial charge in [0, 0.05) is 18.0 Å². The molecule has 0 unspecified atom stereocenters. The number of hydrogen-bond acceptors (Lipinski definition) is 7. The Morgan fingerprint density at radius 3 is 2.38 bits per heavy atom. The van der Waals surface area contributed by atoms with Gasteiger partial charge < -0.3 is 15.3 Å². The number of aromatic carboxylic acids is 1. The lowest BCUT2D eigenvalue weighted by molar-refractivity contribution is 0.0692. The van der Waals surface area contributed by atoms with Gasteiger partial charge in [0.05, 0.1) is 5.69 Å². The Bertz CT molecular complexity index is 1510. The molecule has 3 heterocycles. The molecule has 0 atom stereocenters. The Labute approximate surface area is 182 Å². The van der Waals surface area contributed by atoms with E-state index in [2.05, 4.69) is 27.9 Å². The lowest BCUT2D eigenvalue weighted by Crippen LogP contribution is -2.04. The highest BCUT2D eigenvalue weighted by Crippen LogP contribution is 2.29. The number of fused-ring (bicyclic) bond motifs is 2. The number of nitrogens with zero attached hydrogens (tertiary/aromatic N) is 3. The van der Waals surface area contributed by atoms with E-state index in [1.54, 1.807) is 24.4 Å². The molecular formula is C24H18N4O4. The van der Waals surface area contributed by atoms with Crippen molar-refractivity contribution in [3.05, 3.63) is 94.7 Å². The van der Waals surface area contributed by atoms with Crippen LogP contribution in [0.5, 0.6) is 0 Å². The highest BCUT2D eigenvalue weighted by atomic mass is 16.4. The zero-order valence-electron chi connectivity index (χ0n) is 17.0. The normalized spacial score (nSPS) is 10.5. The molecule has 0 aliphatic heterocycles. The smallest absolute Gasteiger partial charge is 0.365 e. The van der Waals surface area contributed by atoms with Gasteiger partial charge in [-0.3, -0.25) is 0 Å². The SMILES string of the molecule is Cc1ccc(-c2nc3cccnc3c(=O)o2)c2ccccc12.Nc1cccnc1C(=O)O. The van der Waals surface area contributed by atoms with Crippen LogP contribution in [0.3, 0.4) is 0 Å². The van der Waals surface area contributed by atoms with Crippen molar-refractivity contribution in [1.29, 1.82) is 0 Å². The largest absolute Gasteiger partial charge is 0.476 e. The summed E-state index contributed by atoms with van der Waals surface area (Å²) in [6.07, 6.45) is 2.95. The molecular weight excluding hydrogens is 408 g/mol. The van der Waals surface area contributed by atoms with Crippen LogP contribution >= 0.6 is 0 Å². The first-order valence-electron chi connectivity index (χ1n) is 9.64. The summed E-state index contributed by atoms with van der Waals surface area (Å²) in [6.45, 7) is 2.06. The second-order valence-corrected chi connectivity index (χ2v) is 6.90. The standard InChI is InChI=1S/C18H12N2O2.C6H6N2O2/c1-11-8-9-14(13-6-3-2-5-12(11)13)17-20-15-7-4-10-19-16(15)18(21)22-17;7-4-2-1-3-8-5(4)6(9)10/h2-10H,1H3;1-3H,7H2,(H,9,10). The van der Waals surface area contributed by atoms with Crippen LogP contribution in [0.2, 0.25) is 0 Å². The first-order chi connectivity index (χ1) is 15.5. The van der Waals surface area contributed by atoms with E-state index in [0.29, 0.717) is 11.4 Å². The molecule has 3 N–H and O–H groups in total. The third-order valence-corrected chi connectivity index (χ3v) is 4.81. The number of pyridine rings is 2. The number of nitrogens with two attached hydrogens (primary N) is 1. The fourth-order valence-corrected chi connectivity index (χ4v) is 3.26. The summed E-state index contributed by atoms with van der Waals surface area (Å²) in [4.78, 5) is 34.4. The van der Waals surface area contributed by atoms with Crippen LogP contribution in [0.4, 0.5) is 5.69 Å². The second-order valence-electron chi connectivity index (χ2n) is 6.90. The summed E-state index contributed by atoms with van der Waals surface area (Å²) >= 11 is 0. The number of carbonyl (C=O) groups is 1. The number of rotatable bonds is 2. The second kappa shape index (κ2) is 8.65. The van der Waals surface area contributed by atoms with Gasteiger partial charge in [0.25, 0.3) is 0 Å². The third-order valence-electron chi connectivity index (χ3n) is 4.81. The summed E-state index contributed by atoms with van der Waals surface area (Å²) in [6, 6.07) is 18.6. The van der Waals surface area contributed by atoms with Gasteiger partial charge in [0.2, 0.25) is 5.89 Å². The Morgan fingerprint density at radius 1 is 0.938 bits per heavy atom. The molecule has 0 saturated carbocycles. The minimum Gasteiger partial charge on any atom is -0.476 e. The van der Waals surface area contributed by atoms with E-state index < -0.39 is 11.6 Å². The van der Waals surface area contributed by atoms with Crippen molar-refractivity contribution >= 4 is 33.5 Å². The minimum atomic E-state index is -1.10. The lowest BCUT2D eigenvalue weighted by atomic mass is 10.0. The van der Waals surface area contributed by atoms with Crippen LogP contribution in [-0.4, -0.2) is 26.0 Å². The van der Waals surface area contributed by atoms with Crippen LogP contribution in [0.1, 0.15) is 16.1 Å². The first kappa shape index (κ1) is 20.7. The molecule has 2 aromatic carbocycles. The maximum Gasteiger partial charge on any atom is 0.365 e. The molecule has 0 bridgehead atoms. The lowest BCUT2D eigenvalue weighted by Gasteiger charge is -2.07. The Hall–Kier alpha value is -4.59. The van der Waals surface area contributed by atoms with Gasteiger partial charge in [-0.1, -0.05) is 30.3 Å². The van der Waals surface area contributed by atoms with Gasteiger partial charge in [-0.05, 0) is 53.6 Å². The van der Waals surface area contributed by atoms with Crippen molar-refractivity contribution in [2.75, 3.05) is 5.73 Å². The van der Waals surface area contributed by atoms with Gasteiger partial charge in [-0.25, -0.2) is 24.5 Å². The van der Waals surface area contributed by atoms with Crippen molar-refractivity contribution in [3.8, 4) is 11.5 Å². The average molecular weight is 426 g/mol. The molecule has 32 heavy (non-hydrogen) atoms. The molecule has 158 valence electrons. The van der Waals surface area contributed by atoms with E-state index in [-0.39, 0.29) is 16.9 Å². The van der Waals surface area contributed by atoms with Gasteiger partial charge in [-0.2, -0.15) is 0 Å². The number of carboxylic acid groups (broad SMARTS) is 1. The number of anilines is 1. The molecule has 0 saturated heterocycles. The Kier molecular flexibility index (Phi) is 5.59. The molecule has 0 spiro atoms. The highest BCUT2D eigenvalue weighted by molar-refractivity contribution is 5.97. The zero-order valence-corrected chi connectivity index (χ0v) is 17.0. The van der Waals surface area contributed by atoms with Crippen molar-refractivity contribution in [2.45, 2.75) is 6.92 Å². The summed E-state index contributed by atoms with van der Waals surface area (Å²) in [5.74, 6) is -0.778. The average Bonchev–Trinajstić information content (AvgIpc) is 2.80. The molecule has 8 heteroatoms. The molecule has 0 radical (unpaired) electrons. The summed E-state index contributed by atoms with van der Waals surface area (Å²) in [5, 5.41) is 10.6. The molecule has 0 amide bonds. The van der Waals surface area contributed by atoms with Crippen molar-refractivity contribution in [3.63, 3.8) is 0 Å². The Balaban J connectivity index is 0.000000207. The maximum absolute atomic E-state index is 12.1. The summed E-state index contributed by atoms with van der Waals surface area (Å²) < 4.78 is 5.40. The fraction of sp³-hybridized carbons (Fsp3) is 0.0417. The van der Waals surface area contributed by atoms with Gasteiger partial charge in [-0.15, -0.1) is 0 Å². The van der Waals surface area contributed by atoms with E-state index >= 15 is 0 Å². The third kappa shape index (κ3) is 4.01. The molecule has 8 nitrogen and oxygen atoms in total. The predicted molar refractivity (Wildman–Crippen MR) is 121 cm³/mol. The highest BCUT2D eigenvalue weighted by Gasteiger charge is 2.12. The van der Waals surface area contributed by atoms with E-state index in [1.807, 2.05) is 30.3 Å². The number of nitrogen functional groups attached to an aromatic ring is 1. The van der Waals surface area contributed by atoms with Crippen LogP contribution in [0.15, 0.2) is 82.3 Å². The predicted octanol–water partition coefficient (Wildman–Crippen LogP) is 4.07. The van der Waals surface area contributed by atoms with Gasteiger partial charge >= 0.3 is 11.6 Å². The number of carboxylic acids is 1. The van der Waals surface area contributed by atoms with Crippen molar-refractivity contribution in [2.24, 2.45) is 0 Å². The molecule has 3 aromatic heterocycles. The van der Waals surface area contributed by atoms with Gasteiger partial charge in [0.15, 0.2) is 11.2 Å². The number of hydrogen-bond donors (Lipinski definition) is 2. The molecule has 0 aliphatic rings. The fourth-order valence-electron chi connectivity index (χ4n) is 3.26. The maximum atomic E-state index is 12.1. The molecule has 5 rings (SSSR count). The van der Waals surface area contributed by atoms with E-state index in [4.69, 9.17) is 15.3 Å².